The lowest BCUT2D eigenvalue weighted by Crippen LogP contribution is -1.98. The predicted octanol–water partition coefficient (Wildman–Crippen LogP) is 3.44. The van der Waals surface area contributed by atoms with Gasteiger partial charge >= 0.3 is 5.69 Å². The summed E-state index contributed by atoms with van der Waals surface area (Å²) in [6.45, 7) is 1.61. The van der Waals surface area contributed by atoms with Gasteiger partial charge in [0.2, 0.25) is 5.75 Å². The summed E-state index contributed by atoms with van der Waals surface area (Å²) in [5, 5.41) is 20.6. The number of nitro benzene ring substituents is 1. The summed E-state index contributed by atoms with van der Waals surface area (Å²) in [4.78, 5) is 10.4. The molecule has 19 heavy (non-hydrogen) atoms. The third-order valence-electron chi connectivity index (χ3n) is 2.65. The van der Waals surface area contributed by atoms with Crippen LogP contribution in [0, 0.1) is 10.1 Å². The van der Waals surface area contributed by atoms with E-state index in [1.807, 2.05) is 0 Å². The van der Waals surface area contributed by atoms with Crippen molar-refractivity contribution in [2.24, 2.45) is 0 Å². The average Bonchev–Trinajstić information content (AvgIpc) is 2.39. The van der Waals surface area contributed by atoms with Crippen molar-refractivity contribution in [3.8, 4) is 11.5 Å². The topological polar surface area (TPSA) is 72.6 Å². The van der Waals surface area contributed by atoms with Gasteiger partial charge in [-0.3, -0.25) is 10.1 Å². The molecule has 0 fully saturated rings. The number of aliphatic hydroxyl groups excluding tert-OH is 1. The summed E-state index contributed by atoms with van der Waals surface area (Å²) in [5.41, 5.74) is 0.476. The zero-order valence-electron chi connectivity index (χ0n) is 10.3. The summed E-state index contributed by atoms with van der Waals surface area (Å²) < 4.78 is 5.56. The van der Waals surface area contributed by atoms with E-state index < -0.39 is 11.0 Å². The van der Waals surface area contributed by atoms with Gasteiger partial charge in [-0.25, -0.2) is 0 Å². The number of nitrogens with zero attached hydrogens (tertiary/aromatic N) is 1. The van der Waals surface area contributed by atoms with Crippen LogP contribution >= 0.6 is 0 Å². The van der Waals surface area contributed by atoms with Crippen molar-refractivity contribution in [2.75, 3.05) is 0 Å². The highest BCUT2D eigenvalue weighted by Crippen LogP contribution is 2.34. The van der Waals surface area contributed by atoms with Crippen LogP contribution in [0.2, 0.25) is 0 Å². The third kappa shape index (κ3) is 2.89. The van der Waals surface area contributed by atoms with Crippen molar-refractivity contribution in [3.63, 3.8) is 0 Å². The second-order valence-corrected chi connectivity index (χ2v) is 4.04. The van der Waals surface area contributed by atoms with Gasteiger partial charge in [0, 0.05) is 11.6 Å². The maximum Gasteiger partial charge on any atom is 0.311 e. The van der Waals surface area contributed by atoms with Gasteiger partial charge in [-0.2, -0.15) is 0 Å². The van der Waals surface area contributed by atoms with Gasteiger partial charge in [-0.1, -0.05) is 30.3 Å². The van der Waals surface area contributed by atoms with E-state index in [1.54, 1.807) is 43.3 Å². The number of rotatable bonds is 4. The predicted molar refractivity (Wildman–Crippen MR) is 70.2 cm³/mol. The van der Waals surface area contributed by atoms with Crippen LogP contribution in [-0.2, 0) is 0 Å². The normalized spacial score (nSPS) is 11.9. The molecule has 0 saturated carbocycles. The Morgan fingerprint density at radius 1 is 1.11 bits per heavy atom. The third-order valence-corrected chi connectivity index (χ3v) is 2.65. The van der Waals surface area contributed by atoms with E-state index in [4.69, 9.17) is 4.74 Å². The minimum Gasteiger partial charge on any atom is -0.450 e. The minimum absolute atomic E-state index is 0.108. The Morgan fingerprint density at radius 2 is 1.68 bits per heavy atom. The molecule has 0 bridgehead atoms. The summed E-state index contributed by atoms with van der Waals surface area (Å²) in [5.74, 6) is 0.562. The fourth-order valence-corrected chi connectivity index (χ4v) is 1.73. The number of benzene rings is 2. The van der Waals surface area contributed by atoms with E-state index in [1.165, 1.54) is 12.1 Å². The van der Waals surface area contributed by atoms with Crippen molar-refractivity contribution in [1.82, 2.24) is 0 Å². The van der Waals surface area contributed by atoms with Gasteiger partial charge in [0.25, 0.3) is 0 Å². The summed E-state index contributed by atoms with van der Waals surface area (Å²) >= 11 is 0. The van der Waals surface area contributed by atoms with Gasteiger partial charge in [-0.05, 0) is 19.1 Å². The van der Waals surface area contributed by atoms with Crippen molar-refractivity contribution < 1.29 is 14.8 Å². The smallest absolute Gasteiger partial charge is 0.311 e. The highest BCUT2D eigenvalue weighted by Gasteiger charge is 2.16. The van der Waals surface area contributed by atoms with E-state index in [-0.39, 0.29) is 11.4 Å². The highest BCUT2D eigenvalue weighted by atomic mass is 16.6. The standard InChI is InChI=1S/C14H13NO4/c1-10(16)11-6-2-4-8-13(11)19-14-9-5-3-7-12(14)15(17)18/h2-10,16H,1H3/t10-/m1/s1. The fraction of sp³-hybridized carbons (Fsp3) is 0.143. The van der Waals surface area contributed by atoms with Gasteiger partial charge in [-0.15, -0.1) is 0 Å². The number of para-hydroxylation sites is 3. The largest absolute Gasteiger partial charge is 0.450 e. The molecule has 2 aromatic carbocycles. The van der Waals surface area contributed by atoms with Crippen molar-refractivity contribution >= 4 is 5.69 Å². The fourth-order valence-electron chi connectivity index (χ4n) is 1.73. The molecular weight excluding hydrogens is 246 g/mol. The molecule has 0 amide bonds. The molecule has 0 aromatic heterocycles. The summed E-state index contributed by atoms with van der Waals surface area (Å²) in [6.07, 6.45) is -0.709. The van der Waals surface area contributed by atoms with Crippen LogP contribution in [0.1, 0.15) is 18.6 Å². The number of nitro groups is 1. The first kappa shape index (κ1) is 13.0. The minimum atomic E-state index is -0.709. The van der Waals surface area contributed by atoms with Gasteiger partial charge < -0.3 is 9.84 Å². The van der Waals surface area contributed by atoms with Crippen LogP contribution in [0.5, 0.6) is 11.5 Å². The Bertz CT molecular complexity index is 596. The molecule has 0 spiro atoms. The molecule has 0 unspecified atom stereocenters. The molecule has 0 saturated heterocycles. The molecule has 5 nitrogen and oxygen atoms in total. The van der Waals surface area contributed by atoms with E-state index in [0.29, 0.717) is 11.3 Å². The van der Waals surface area contributed by atoms with Gasteiger partial charge in [0.1, 0.15) is 5.75 Å². The van der Waals surface area contributed by atoms with E-state index in [9.17, 15) is 15.2 Å². The van der Waals surface area contributed by atoms with Crippen molar-refractivity contribution in [3.05, 3.63) is 64.2 Å². The number of aliphatic hydroxyl groups is 1. The van der Waals surface area contributed by atoms with Crippen LogP contribution in [0.4, 0.5) is 5.69 Å². The monoisotopic (exact) mass is 259 g/mol. The second kappa shape index (κ2) is 5.49. The first-order valence-corrected chi connectivity index (χ1v) is 5.78. The van der Waals surface area contributed by atoms with Crippen LogP contribution < -0.4 is 4.74 Å². The molecule has 0 aliphatic heterocycles. The Balaban J connectivity index is 2.39. The van der Waals surface area contributed by atoms with Crippen LogP contribution in [-0.4, -0.2) is 10.0 Å². The zero-order valence-corrected chi connectivity index (χ0v) is 10.3. The lowest BCUT2D eigenvalue weighted by molar-refractivity contribution is -0.385. The van der Waals surface area contributed by atoms with Gasteiger partial charge in [0.15, 0.2) is 0 Å². The molecule has 1 atom stereocenters. The Labute approximate surface area is 110 Å². The Morgan fingerprint density at radius 3 is 2.32 bits per heavy atom. The number of ether oxygens (including phenoxy) is 1. The quantitative estimate of drug-likeness (QED) is 0.674. The van der Waals surface area contributed by atoms with E-state index in [0.717, 1.165) is 0 Å². The molecule has 0 radical (unpaired) electrons. The maximum absolute atomic E-state index is 10.9. The molecule has 0 heterocycles. The first-order valence-electron chi connectivity index (χ1n) is 5.78. The maximum atomic E-state index is 10.9. The molecule has 1 N–H and O–H groups in total. The second-order valence-electron chi connectivity index (χ2n) is 4.04. The lowest BCUT2D eigenvalue weighted by atomic mass is 10.1. The molecule has 98 valence electrons. The lowest BCUT2D eigenvalue weighted by Gasteiger charge is -2.12. The molecule has 0 aliphatic carbocycles. The molecule has 2 aromatic rings. The molecule has 0 aliphatic rings. The van der Waals surface area contributed by atoms with E-state index >= 15 is 0 Å². The highest BCUT2D eigenvalue weighted by molar-refractivity contribution is 5.49. The first-order chi connectivity index (χ1) is 9.09. The zero-order chi connectivity index (χ0) is 13.8. The molecule has 2 rings (SSSR count). The molecular formula is C14H13NO4. The number of hydrogen-bond acceptors (Lipinski definition) is 4. The average molecular weight is 259 g/mol. The van der Waals surface area contributed by atoms with Gasteiger partial charge in [0.05, 0.1) is 11.0 Å². The SMILES string of the molecule is C[C@@H](O)c1ccccc1Oc1ccccc1[N+](=O)[O-]. The Hall–Kier alpha value is -2.40. The Kier molecular flexibility index (Phi) is 3.77. The molecule has 5 heteroatoms. The summed E-state index contributed by atoms with van der Waals surface area (Å²) in [7, 11) is 0. The van der Waals surface area contributed by atoms with Crippen LogP contribution in [0.3, 0.4) is 0 Å². The summed E-state index contributed by atoms with van der Waals surface area (Å²) in [6, 6.07) is 13.0. The van der Waals surface area contributed by atoms with Crippen LogP contribution in [0.25, 0.3) is 0 Å². The van der Waals surface area contributed by atoms with Crippen molar-refractivity contribution in [1.29, 1.82) is 0 Å². The number of hydrogen-bond donors (Lipinski definition) is 1. The van der Waals surface area contributed by atoms with Crippen molar-refractivity contribution in [2.45, 2.75) is 13.0 Å². The van der Waals surface area contributed by atoms with Crippen LogP contribution in [0.15, 0.2) is 48.5 Å². The van der Waals surface area contributed by atoms with E-state index in [2.05, 4.69) is 0 Å².